The number of nitrogens with one attached hydrogen (secondary N) is 2. The summed E-state index contributed by atoms with van der Waals surface area (Å²) < 4.78 is 5.05. The Bertz CT molecular complexity index is 744. The highest BCUT2D eigenvalue weighted by molar-refractivity contribution is 5.67. The molecule has 8 nitrogen and oxygen atoms in total. The third kappa shape index (κ3) is 5.54. The minimum absolute atomic E-state index is 0.234. The van der Waals surface area contributed by atoms with Crippen LogP contribution >= 0.6 is 0 Å². The molecular weight excluding hydrogens is 344 g/mol. The van der Waals surface area contributed by atoms with Crippen molar-refractivity contribution in [3.05, 3.63) is 41.6 Å². The van der Waals surface area contributed by atoms with Crippen LogP contribution in [0.1, 0.15) is 30.9 Å². The molecule has 27 heavy (non-hydrogen) atoms. The summed E-state index contributed by atoms with van der Waals surface area (Å²) in [5, 5.41) is 14.6. The summed E-state index contributed by atoms with van der Waals surface area (Å²) in [5.74, 6) is 1.18. The maximum atomic E-state index is 11.8. The monoisotopic (exact) mass is 370 g/mol. The maximum absolute atomic E-state index is 11.8. The van der Waals surface area contributed by atoms with Crippen molar-refractivity contribution in [2.75, 3.05) is 30.3 Å². The number of aryl methyl sites for hydroxylation is 1. The van der Waals surface area contributed by atoms with Gasteiger partial charge in [-0.3, -0.25) is 0 Å². The smallest absolute Gasteiger partial charge is 0.409 e. The van der Waals surface area contributed by atoms with Gasteiger partial charge in [-0.05, 0) is 32.3 Å². The average molecular weight is 370 g/mol. The second kappa shape index (κ2) is 9.16. The summed E-state index contributed by atoms with van der Waals surface area (Å²) in [5.41, 5.74) is 2.39. The van der Waals surface area contributed by atoms with Gasteiger partial charge in [0.05, 0.1) is 12.8 Å². The molecule has 2 heterocycles. The number of aromatic nitrogens is 3. The van der Waals surface area contributed by atoms with E-state index in [1.165, 1.54) is 5.56 Å². The fraction of sp³-hybridized carbons (Fsp3) is 0.474. The number of nitrogens with zero attached hydrogens (tertiary/aromatic N) is 4. The zero-order valence-electron chi connectivity index (χ0n) is 15.8. The molecule has 2 aromatic rings. The number of carbonyl (C=O) groups excluding carboxylic acids is 1. The largest absolute Gasteiger partial charge is 0.450 e. The predicted molar refractivity (Wildman–Crippen MR) is 104 cm³/mol. The van der Waals surface area contributed by atoms with Gasteiger partial charge in [0.1, 0.15) is 0 Å². The predicted octanol–water partition coefficient (Wildman–Crippen LogP) is 2.82. The van der Waals surface area contributed by atoms with Gasteiger partial charge in [-0.2, -0.15) is 10.1 Å². The Balaban J connectivity index is 1.49. The lowest BCUT2D eigenvalue weighted by atomic mass is 10.1. The van der Waals surface area contributed by atoms with Crippen molar-refractivity contribution in [1.82, 2.24) is 20.1 Å². The van der Waals surface area contributed by atoms with Crippen LogP contribution in [0.15, 0.2) is 30.5 Å². The zero-order valence-corrected chi connectivity index (χ0v) is 15.8. The molecule has 0 saturated carbocycles. The summed E-state index contributed by atoms with van der Waals surface area (Å²) in [6.45, 7) is 6.28. The number of hydrogen-bond acceptors (Lipinski definition) is 7. The number of anilines is 2. The molecule has 144 valence electrons. The Morgan fingerprint density at radius 3 is 2.70 bits per heavy atom. The van der Waals surface area contributed by atoms with E-state index in [1.54, 1.807) is 11.1 Å². The molecule has 1 aromatic heterocycles. The highest BCUT2D eigenvalue weighted by Crippen LogP contribution is 2.16. The van der Waals surface area contributed by atoms with Crippen molar-refractivity contribution in [1.29, 1.82) is 0 Å². The first-order chi connectivity index (χ1) is 13.1. The first-order valence-corrected chi connectivity index (χ1v) is 9.31. The molecule has 1 aromatic carbocycles. The Morgan fingerprint density at radius 2 is 2.00 bits per heavy atom. The highest BCUT2D eigenvalue weighted by atomic mass is 16.6. The van der Waals surface area contributed by atoms with Crippen molar-refractivity contribution in [3.8, 4) is 0 Å². The van der Waals surface area contributed by atoms with Gasteiger partial charge in [0.25, 0.3) is 0 Å². The Labute approximate surface area is 159 Å². The third-order valence-electron chi connectivity index (χ3n) is 4.50. The summed E-state index contributed by atoms with van der Waals surface area (Å²) in [7, 11) is 0. The van der Waals surface area contributed by atoms with Crippen LogP contribution in [-0.2, 0) is 11.3 Å². The molecule has 1 aliphatic rings. The van der Waals surface area contributed by atoms with Gasteiger partial charge >= 0.3 is 6.09 Å². The quantitative estimate of drug-likeness (QED) is 0.808. The number of amides is 1. The third-order valence-corrected chi connectivity index (χ3v) is 4.50. The standard InChI is InChI=1S/C19H26N6O2/c1-3-27-19(26)25-10-8-16(9-11-25)22-17-13-21-24-18(23-17)20-12-15-6-4-14(2)5-7-15/h4-7,13,16H,3,8-12H2,1-2H3,(H2,20,22,23,24). The number of benzene rings is 1. The Hall–Kier alpha value is -2.90. The van der Waals surface area contributed by atoms with E-state index in [1.807, 2.05) is 6.92 Å². The first kappa shape index (κ1) is 18.9. The molecule has 1 amide bonds. The van der Waals surface area contributed by atoms with Gasteiger partial charge in [-0.25, -0.2) is 4.79 Å². The highest BCUT2D eigenvalue weighted by Gasteiger charge is 2.23. The van der Waals surface area contributed by atoms with E-state index < -0.39 is 0 Å². The Kier molecular flexibility index (Phi) is 6.40. The van der Waals surface area contributed by atoms with Crippen molar-refractivity contribution in [2.24, 2.45) is 0 Å². The molecule has 8 heteroatoms. The van der Waals surface area contributed by atoms with Crippen molar-refractivity contribution in [3.63, 3.8) is 0 Å². The van der Waals surface area contributed by atoms with Gasteiger partial charge in [0.15, 0.2) is 5.82 Å². The molecule has 1 aliphatic heterocycles. The lowest BCUT2D eigenvalue weighted by Crippen LogP contribution is -2.42. The van der Waals surface area contributed by atoms with E-state index >= 15 is 0 Å². The fourth-order valence-corrected chi connectivity index (χ4v) is 2.97. The molecule has 0 bridgehead atoms. The van der Waals surface area contributed by atoms with Gasteiger partial charge in [-0.15, -0.1) is 5.10 Å². The summed E-state index contributed by atoms with van der Waals surface area (Å²) in [4.78, 5) is 18.0. The maximum Gasteiger partial charge on any atom is 0.409 e. The van der Waals surface area contributed by atoms with Crippen molar-refractivity contribution >= 4 is 17.9 Å². The van der Waals surface area contributed by atoms with E-state index in [-0.39, 0.29) is 12.1 Å². The average Bonchev–Trinajstić information content (AvgIpc) is 2.69. The molecule has 0 atom stereocenters. The molecule has 3 rings (SSSR count). The van der Waals surface area contributed by atoms with E-state index in [4.69, 9.17) is 4.74 Å². The molecule has 1 saturated heterocycles. The number of carbonyl (C=O) groups is 1. The van der Waals surface area contributed by atoms with Crippen LogP contribution in [-0.4, -0.2) is 51.9 Å². The molecule has 2 N–H and O–H groups in total. The van der Waals surface area contributed by atoms with E-state index in [0.29, 0.717) is 38.0 Å². The second-order valence-electron chi connectivity index (χ2n) is 6.61. The lowest BCUT2D eigenvalue weighted by molar-refractivity contribution is 0.0983. The summed E-state index contributed by atoms with van der Waals surface area (Å²) in [6.07, 6.45) is 3.07. The normalized spacial score (nSPS) is 14.7. The van der Waals surface area contributed by atoms with Crippen molar-refractivity contribution < 1.29 is 9.53 Å². The van der Waals surface area contributed by atoms with Crippen LogP contribution in [0.2, 0.25) is 0 Å². The summed E-state index contributed by atoms with van der Waals surface area (Å²) >= 11 is 0. The first-order valence-electron chi connectivity index (χ1n) is 9.31. The molecule has 0 unspecified atom stereocenters. The Morgan fingerprint density at radius 1 is 1.26 bits per heavy atom. The number of piperidine rings is 1. The van der Waals surface area contributed by atoms with Crippen LogP contribution in [0.25, 0.3) is 0 Å². The molecule has 1 fully saturated rings. The lowest BCUT2D eigenvalue weighted by Gasteiger charge is -2.31. The van der Waals surface area contributed by atoms with E-state index in [0.717, 1.165) is 18.4 Å². The van der Waals surface area contributed by atoms with Crippen LogP contribution in [0.4, 0.5) is 16.6 Å². The zero-order chi connectivity index (χ0) is 19.1. The second-order valence-corrected chi connectivity index (χ2v) is 6.61. The van der Waals surface area contributed by atoms with E-state index in [2.05, 4.69) is 57.0 Å². The minimum atomic E-state index is -0.234. The van der Waals surface area contributed by atoms with Crippen LogP contribution in [0, 0.1) is 6.92 Å². The van der Waals surface area contributed by atoms with Gasteiger partial charge in [-0.1, -0.05) is 29.8 Å². The molecular formula is C19H26N6O2. The number of likely N-dealkylation sites (tertiary alicyclic amines) is 1. The SMILES string of the molecule is CCOC(=O)N1CCC(Nc2cnnc(NCc3ccc(C)cc3)n2)CC1. The van der Waals surface area contributed by atoms with Crippen LogP contribution in [0.3, 0.4) is 0 Å². The summed E-state index contributed by atoms with van der Waals surface area (Å²) in [6, 6.07) is 8.56. The van der Waals surface area contributed by atoms with E-state index in [9.17, 15) is 4.79 Å². The topological polar surface area (TPSA) is 92.3 Å². The fourth-order valence-electron chi connectivity index (χ4n) is 2.97. The molecule has 0 radical (unpaired) electrons. The van der Waals surface area contributed by atoms with Gasteiger partial charge in [0, 0.05) is 25.7 Å². The van der Waals surface area contributed by atoms with Crippen LogP contribution in [0.5, 0.6) is 0 Å². The number of rotatable bonds is 6. The molecule has 0 spiro atoms. The van der Waals surface area contributed by atoms with Gasteiger partial charge in [0.2, 0.25) is 5.95 Å². The number of ether oxygens (including phenoxy) is 1. The molecule has 0 aliphatic carbocycles. The van der Waals surface area contributed by atoms with Crippen molar-refractivity contribution in [2.45, 2.75) is 39.3 Å². The van der Waals surface area contributed by atoms with Gasteiger partial charge < -0.3 is 20.3 Å². The minimum Gasteiger partial charge on any atom is -0.450 e. The van der Waals surface area contributed by atoms with Crippen LogP contribution < -0.4 is 10.6 Å². The number of hydrogen-bond donors (Lipinski definition) is 2.